The van der Waals surface area contributed by atoms with Crippen molar-refractivity contribution < 1.29 is 19.6 Å². The number of carbonyl (C=O) groups excluding carboxylic acids is 1. The molecule has 0 saturated carbocycles. The van der Waals surface area contributed by atoms with Crippen LogP contribution in [0.4, 0.5) is 5.69 Å². The lowest BCUT2D eigenvalue weighted by Crippen LogP contribution is -2.17. The molecule has 9 heteroatoms. The lowest BCUT2D eigenvalue weighted by atomic mass is 9.95. The van der Waals surface area contributed by atoms with E-state index >= 15 is 0 Å². The number of hydrogen-bond acceptors (Lipinski definition) is 6. The van der Waals surface area contributed by atoms with Crippen LogP contribution in [0.3, 0.4) is 0 Å². The number of hydrazone groups is 1. The molecule has 9 nitrogen and oxygen atoms in total. The molecule has 1 amide bonds. The molecule has 0 atom stereocenters. The van der Waals surface area contributed by atoms with Crippen molar-refractivity contribution in [1.82, 2.24) is 10.4 Å². The Labute approximate surface area is 177 Å². The Morgan fingerprint density at radius 3 is 2.90 bits per heavy atom. The van der Waals surface area contributed by atoms with Crippen LogP contribution in [0.15, 0.2) is 35.4 Å². The summed E-state index contributed by atoms with van der Waals surface area (Å²) >= 11 is 0. The number of H-pyrrole nitrogens is 1. The zero-order valence-corrected chi connectivity index (χ0v) is 17.0. The standard InChI is InChI=1S/C22H22N4O5/c1-2-31-20-10-13(9-19(21(20)27)26(29)30)12-23-25-22(28)14-7-8-18-16(11-14)15-5-3-4-6-17(15)24-18/h7-12,24,27H,2-6H2,1H3,(H,25,28)/b23-12-. The predicted molar refractivity (Wildman–Crippen MR) is 116 cm³/mol. The van der Waals surface area contributed by atoms with Gasteiger partial charge in [-0.1, -0.05) is 0 Å². The van der Waals surface area contributed by atoms with Gasteiger partial charge in [0.1, 0.15) is 0 Å². The van der Waals surface area contributed by atoms with Gasteiger partial charge in [-0.25, -0.2) is 5.43 Å². The maximum absolute atomic E-state index is 12.6. The van der Waals surface area contributed by atoms with Gasteiger partial charge < -0.3 is 14.8 Å². The molecule has 0 unspecified atom stereocenters. The number of nitrogens with one attached hydrogen (secondary N) is 2. The average molecular weight is 422 g/mol. The molecule has 1 aromatic heterocycles. The van der Waals surface area contributed by atoms with Gasteiger partial charge in [-0.3, -0.25) is 14.9 Å². The van der Waals surface area contributed by atoms with Gasteiger partial charge in [-0.2, -0.15) is 5.10 Å². The fourth-order valence-corrected chi connectivity index (χ4v) is 3.87. The number of amides is 1. The number of benzene rings is 2. The number of phenolic OH excluding ortho intramolecular Hbond substituents is 1. The second-order valence-electron chi connectivity index (χ2n) is 7.33. The number of aromatic amines is 1. The third-order valence-corrected chi connectivity index (χ3v) is 5.31. The molecule has 1 aliphatic carbocycles. The minimum Gasteiger partial charge on any atom is -0.500 e. The number of carbonyl (C=O) groups is 1. The molecule has 2 aromatic carbocycles. The quantitative estimate of drug-likeness (QED) is 0.316. The molecule has 1 aliphatic rings. The number of aromatic nitrogens is 1. The smallest absolute Gasteiger partial charge is 0.315 e. The van der Waals surface area contributed by atoms with Crippen molar-refractivity contribution in [2.24, 2.45) is 5.10 Å². The van der Waals surface area contributed by atoms with E-state index in [-0.39, 0.29) is 18.3 Å². The Morgan fingerprint density at radius 2 is 2.13 bits per heavy atom. The van der Waals surface area contributed by atoms with Crippen LogP contribution in [-0.4, -0.2) is 33.7 Å². The molecule has 0 radical (unpaired) electrons. The lowest BCUT2D eigenvalue weighted by Gasteiger charge is -2.10. The van der Waals surface area contributed by atoms with Gasteiger partial charge in [-0.05, 0) is 62.4 Å². The molecule has 160 valence electrons. The van der Waals surface area contributed by atoms with Crippen molar-refractivity contribution >= 4 is 28.7 Å². The number of nitro groups is 1. The van der Waals surface area contributed by atoms with E-state index in [1.54, 1.807) is 13.0 Å². The summed E-state index contributed by atoms with van der Waals surface area (Å²) in [7, 11) is 0. The second-order valence-corrected chi connectivity index (χ2v) is 7.33. The molecule has 1 heterocycles. The summed E-state index contributed by atoms with van der Waals surface area (Å²) in [5.74, 6) is -0.953. The predicted octanol–water partition coefficient (Wildman–Crippen LogP) is 3.82. The third-order valence-electron chi connectivity index (χ3n) is 5.31. The summed E-state index contributed by atoms with van der Waals surface area (Å²) in [6.45, 7) is 1.93. The van der Waals surface area contributed by atoms with Gasteiger partial charge in [0, 0.05) is 33.8 Å². The summed E-state index contributed by atoms with van der Waals surface area (Å²) in [6.07, 6.45) is 5.60. The van der Waals surface area contributed by atoms with Crippen LogP contribution in [0.2, 0.25) is 0 Å². The normalized spacial score (nSPS) is 13.3. The molecule has 0 spiro atoms. The molecule has 0 aliphatic heterocycles. The highest BCUT2D eigenvalue weighted by atomic mass is 16.6. The van der Waals surface area contributed by atoms with E-state index in [1.165, 1.54) is 30.0 Å². The van der Waals surface area contributed by atoms with E-state index in [2.05, 4.69) is 15.5 Å². The number of hydrogen-bond donors (Lipinski definition) is 3. The average Bonchev–Trinajstić information content (AvgIpc) is 3.13. The summed E-state index contributed by atoms with van der Waals surface area (Å²) < 4.78 is 5.24. The Balaban J connectivity index is 1.54. The number of ether oxygens (including phenoxy) is 1. The van der Waals surface area contributed by atoms with Crippen molar-refractivity contribution in [1.29, 1.82) is 0 Å². The fraction of sp³-hybridized carbons (Fsp3) is 0.273. The highest BCUT2D eigenvalue weighted by molar-refractivity contribution is 5.99. The number of rotatable bonds is 6. The van der Waals surface area contributed by atoms with Crippen LogP contribution in [0.25, 0.3) is 10.9 Å². The van der Waals surface area contributed by atoms with Crippen molar-refractivity contribution in [2.45, 2.75) is 32.6 Å². The second kappa shape index (κ2) is 8.47. The Hall–Kier alpha value is -3.88. The Kier molecular flexibility index (Phi) is 5.57. The highest BCUT2D eigenvalue weighted by Gasteiger charge is 2.20. The zero-order valence-electron chi connectivity index (χ0n) is 17.0. The monoisotopic (exact) mass is 422 g/mol. The van der Waals surface area contributed by atoms with E-state index in [4.69, 9.17) is 4.74 Å². The van der Waals surface area contributed by atoms with Crippen molar-refractivity contribution in [3.8, 4) is 11.5 Å². The molecule has 3 N–H and O–H groups in total. The maximum atomic E-state index is 12.6. The number of nitro benzene ring substituents is 1. The van der Waals surface area contributed by atoms with Crippen LogP contribution in [0.5, 0.6) is 11.5 Å². The molecule has 0 bridgehead atoms. The first-order valence-corrected chi connectivity index (χ1v) is 10.1. The van der Waals surface area contributed by atoms with Gasteiger partial charge in [0.2, 0.25) is 5.75 Å². The topological polar surface area (TPSA) is 130 Å². The zero-order chi connectivity index (χ0) is 22.0. The number of aromatic hydroxyl groups is 1. The number of fused-ring (bicyclic) bond motifs is 3. The van der Waals surface area contributed by atoms with Gasteiger partial charge >= 0.3 is 5.69 Å². The van der Waals surface area contributed by atoms with Crippen LogP contribution in [0, 0.1) is 10.1 Å². The molecular formula is C22H22N4O5. The van der Waals surface area contributed by atoms with E-state index in [0.717, 1.165) is 36.2 Å². The number of phenols is 1. The van der Waals surface area contributed by atoms with E-state index < -0.39 is 16.4 Å². The van der Waals surface area contributed by atoms with E-state index in [1.807, 2.05) is 12.1 Å². The Morgan fingerprint density at radius 1 is 1.32 bits per heavy atom. The van der Waals surface area contributed by atoms with Gasteiger partial charge in [0.05, 0.1) is 17.7 Å². The summed E-state index contributed by atoms with van der Waals surface area (Å²) in [6, 6.07) is 8.06. The molecule has 0 fully saturated rings. The van der Waals surface area contributed by atoms with Crippen molar-refractivity contribution in [3.05, 3.63) is 62.8 Å². The minimum atomic E-state index is -0.708. The molecule has 4 rings (SSSR count). The fourth-order valence-electron chi connectivity index (χ4n) is 3.87. The van der Waals surface area contributed by atoms with Crippen molar-refractivity contribution in [3.63, 3.8) is 0 Å². The van der Waals surface area contributed by atoms with Gasteiger partial charge in [0.15, 0.2) is 5.75 Å². The van der Waals surface area contributed by atoms with Crippen molar-refractivity contribution in [2.75, 3.05) is 6.61 Å². The largest absolute Gasteiger partial charge is 0.500 e. The van der Waals surface area contributed by atoms with E-state index in [0.29, 0.717) is 11.1 Å². The van der Waals surface area contributed by atoms with Crippen LogP contribution in [0.1, 0.15) is 46.9 Å². The lowest BCUT2D eigenvalue weighted by molar-refractivity contribution is -0.386. The summed E-state index contributed by atoms with van der Waals surface area (Å²) in [4.78, 5) is 26.4. The van der Waals surface area contributed by atoms with Crippen LogP contribution in [-0.2, 0) is 12.8 Å². The first-order valence-electron chi connectivity index (χ1n) is 10.1. The van der Waals surface area contributed by atoms with Crippen LogP contribution >= 0.6 is 0 Å². The highest BCUT2D eigenvalue weighted by Crippen LogP contribution is 2.36. The molecular weight excluding hydrogens is 400 g/mol. The third kappa shape index (κ3) is 4.07. The van der Waals surface area contributed by atoms with Gasteiger partial charge in [-0.15, -0.1) is 0 Å². The number of aryl methyl sites for hydroxylation is 2. The first kappa shape index (κ1) is 20.4. The SMILES string of the molecule is CCOc1cc(/C=N\NC(=O)c2ccc3[nH]c4c(c3c2)CCCC4)cc([N+](=O)[O-])c1O. The Bertz CT molecular complexity index is 1200. The van der Waals surface area contributed by atoms with E-state index in [9.17, 15) is 20.0 Å². The summed E-state index contributed by atoms with van der Waals surface area (Å²) in [5, 5.41) is 26.1. The first-order chi connectivity index (χ1) is 15.0. The molecule has 3 aromatic rings. The minimum absolute atomic E-state index is 0.0211. The van der Waals surface area contributed by atoms with Crippen LogP contribution < -0.4 is 10.2 Å². The molecule has 0 saturated heterocycles. The maximum Gasteiger partial charge on any atom is 0.315 e. The van der Waals surface area contributed by atoms with Gasteiger partial charge in [0.25, 0.3) is 5.91 Å². The molecule has 31 heavy (non-hydrogen) atoms. The number of nitrogens with zero attached hydrogens (tertiary/aromatic N) is 2. The summed E-state index contributed by atoms with van der Waals surface area (Å²) in [5.41, 5.74) is 6.28.